The van der Waals surface area contributed by atoms with E-state index < -0.39 is 59.7 Å². The van der Waals surface area contributed by atoms with Gasteiger partial charge in [0.05, 0.1) is 11.7 Å². The maximum atomic E-state index is 12.9. The number of carbonyl (C=O) groups excluding carboxylic acids is 2. The van der Waals surface area contributed by atoms with Crippen LogP contribution in [0.25, 0.3) is 0 Å². The number of rotatable bonds is 4. The zero-order valence-corrected chi connectivity index (χ0v) is 18.7. The molecule has 0 spiro atoms. The molecule has 0 bridgehead atoms. The Bertz CT molecular complexity index is 754. The summed E-state index contributed by atoms with van der Waals surface area (Å²) in [7, 11) is -5.11. The first-order chi connectivity index (χ1) is 10.9. The van der Waals surface area contributed by atoms with E-state index >= 15 is 0 Å². The molecule has 2 aliphatic rings. The molecule has 0 aromatic rings. The van der Waals surface area contributed by atoms with Gasteiger partial charge in [-0.25, -0.2) is 8.42 Å². The number of sulfone groups is 1. The number of methoxy groups -OCH3 is 1. The number of carbonyl (C=O) groups is 2. The summed E-state index contributed by atoms with van der Waals surface area (Å²) in [6.45, 7) is 6.87. The molecular formula is C14H20NNaO7S2. The van der Waals surface area contributed by atoms with Crippen LogP contribution in [0.2, 0.25) is 0 Å². The zero-order valence-electron chi connectivity index (χ0n) is 15.1. The average Bonchev–Trinajstić information content (AvgIpc) is 2.37. The summed E-state index contributed by atoms with van der Waals surface area (Å²) in [6.07, 6.45) is -1.18. The van der Waals surface area contributed by atoms with Crippen LogP contribution in [0, 0.1) is 5.41 Å². The SMILES string of the molecule is CO[C@H]1C(=O)N2C(C(C)(C)C)=C(C)C(S(=O)CC(=O)[O-])S(=O)(=O)[C@H]12.[Na+]. The Morgan fingerprint density at radius 2 is 1.88 bits per heavy atom. The molecule has 2 rings (SSSR count). The van der Waals surface area contributed by atoms with Crippen molar-refractivity contribution in [2.24, 2.45) is 5.41 Å². The van der Waals surface area contributed by atoms with E-state index in [1.807, 2.05) is 0 Å². The largest absolute Gasteiger partial charge is 1.00 e. The Labute approximate surface area is 171 Å². The molecule has 0 aliphatic carbocycles. The predicted molar refractivity (Wildman–Crippen MR) is 84.3 cm³/mol. The number of allylic oxidation sites excluding steroid dienone is 1. The minimum absolute atomic E-state index is 0. The Balaban J connectivity index is 0.00000312. The normalized spacial score (nSPS) is 29.4. The molecule has 11 heteroatoms. The molecule has 8 nitrogen and oxygen atoms in total. The first kappa shape index (κ1) is 22.8. The summed E-state index contributed by atoms with van der Waals surface area (Å²) in [5, 5.41) is 9.49. The Hall–Kier alpha value is -0.260. The van der Waals surface area contributed by atoms with Crippen LogP contribution in [0.15, 0.2) is 11.3 Å². The van der Waals surface area contributed by atoms with Crippen molar-refractivity contribution in [3.63, 3.8) is 0 Å². The third-order valence-electron chi connectivity index (χ3n) is 4.06. The standard InChI is InChI=1S/C14H21NO7S2.Na/c1-7-10(14(2,3)4)15-11(18)9(22-5)12(15)24(20,21)13(7)23(19)6-8(16)17;/h9,12-13H,6H2,1-5H3,(H,16,17);/q;+1/p-1/t9-,12+,13?,23?;/m0./s1. The second-order valence-electron chi connectivity index (χ2n) is 6.85. The molecule has 2 aliphatic heterocycles. The number of hydrogen-bond donors (Lipinski definition) is 0. The second-order valence-corrected chi connectivity index (χ2v) is 10.8. The number of fused-ring (bicyclic) bond motifs is 1. The van der Waals surface area contributed by atoms with Crippen molar-refractivity contribution >= 4 is 32.5 Å². The summed E-state index contributed by atoms with van der Waals surface area (Å²) >= 11 is 0. The molecule has 1 fully saturated rings. The van der Waals surface area contributed by atoms with E-state index in [1.54, 1.807) is 20.8 Å². The van der Waals surface area contributed by atoms with E-state index in [-0.39, 0.29) is 35.1 Å². The molecular weight excluding hydrogens is 381 g/mol. The topological polar surface area (TPSA) is 121 Å². The van der Waals surface area contributed by atoms with Crippen LogP contribution in [0.5, 0.6) is 0 Å². The summed E-state index contributed by atoms with van der Waals surface area (Å²) in [6, 6.07) is 0. The van der Waals surface area contributed by atoms with Crippen LogP contribution in [0.1, 0.15) is 27.7 Å². The van der Waals surface area contributed by atoms with Gasteiger partial charge >= 0.3 is 29.6 Å². The third kappa shape index (κ3) is 3.61. The van der Waals surface area contributed by atoms with Gasteiger partial charge in [-0.3, -0.25) is 13.9 Å². The minimum Gasteiger partial charge on any atom is -0.549 e. The first-order valence-corrected chi connectivity index (χ1v) is 10.2. The van der Waals surface area contributed by atoms with Gasteiger partial charge in [0.2, 0.25) is 0 Å². The number of β-lactam (4-membered cyclic amide) rings is 1. The van der Waals surface area contributed by atoms with Crippen molar-refractivity contribution in [3.05, 3.63) is 11.3 Å². The van der Waals surface area contributed by atoms with Gasteiger partial charge < -0.3 is 14.6 Å². The number of carboxylic acids is 1. The van der Waals surface area contributed by atoms with Crippen molar-refractivity contribution in [1.29, 1.82) is 0 Å². The molecule has 0 saturated carbocycles. The van der Waals surface area contributed by atoms with E-state index in [2.05, 4.69) is 0 Å². The quantitative estimate of drug-likeness (QED) is 0.345. The van der Waals surface area contributed by atoms with E-state index in [9.17, 15) is 27.3 Å². The molecule has 4 atom stereocenters. The fourth-order valence-electron chi connectivity index (χ4n) is 3.38. The predicted octanol–water partition coefficient (Wildman–Crippen LogP) is -4.25. The van der Waals surface area contributed by atoms with Crippen LogP contribution in [-0.4, -0.2) is 58.3 Å². The molecule has 1 amide bonds. The molecule has 0 radical (unpaired) electrons. The van der Waals surface area contributed by atoms with Crippen molar-refractivity contribution in [3.8, 4) is 0 Å². The van der Waals surface area contributed by atoms with Crippen LogP contribution >= 0.6 is 0 Å². The molecule has 1 saturated heterocycles. The van der Waals surface area contributed by atoms with E-state index in [0.717, 1.165) is 0 Å². The molecule has 0 N–H and O–H groups in total. The molecule has 25 heavy (non-hydrogen) atoms. The summed E-state index contributed by atoms with van der Waals surface area (Å²) < 4.78 is 41.6. The Kier molecular flexibility index (Phi) is 6.74. The van der Waals surface area contributed by atoms with Gasteiger partial charge in [-0.15, -0.1) is 0 Å². The molecule has 136 valence electrons. The third-order valence-corrected chi connectivity index (χ3v) is 8.94. The van der Waals surface area contributed by atoms with Crippen molar-refractivity contribution in [2.45, 2.75) is 43.8 Å². The maximum Gasteiger partial charge on any atom is 1.00 e. The van der Waals surface area contributed by atoms with Crippen LogP contribution in [0.3, 0.4) is 0 Å². The summed E-state index contributed by atoms with van der Waals surface area (Å²) in [4.78, 5) is 24.2. The Morgan fingerprint density at radius 3 is 2.28 bits per heavy atom. The molecule has 0 aromatic heterocycles. The fourth-order valence-corrected chi connectivity index (χ4v) is 7.94. The van der Waals surface area contributed by atoms with Crippen LogP contribution in [0.4, 0.5) is 0 Å². The van der Waals surface area contributed by atoms with Crippen LogP contribution in [-0.2, 0) is 35.0 Å². The van der Waals surface area contributed by atoms with Gasteiger partial charge in [-0.05, 0) is 12.5 Å². The number of hydrogen-bond acceptors (Lipinski definition) is 7. The summed E-state index contributed by atoms with van der Waals surface area (Å²) in [5.74, 6) is -2.96. The number of amides is 1. The smallest absolute Gasteiger partial charge is 0.549 e. The summed E-state index contributed by atoms with van der Waals surface area (Å²) in [5.41, 5.74) is 0.0647. The Morgan fingerprint density at radius 1 is 1.36 bits per heavy atom. The van der Waals surface area contributed by atoms with E-state index in [1.165, 1.54) is 18.9 Å². The van der Waals surface area contributed by atoms with E-state index in [0.29, 0.717) is 5.70 Å². The maximum absolute atomic E-state index is 12.9. The van der Waals surface area contributed by atoms with Crippen LogP contribution < -0.4 is 34.7 Å². The zero-order chi connectivity index (χ0) is 18.6. The van der Waals surface area contributed by atoms with Crippen molar-refractivity contribution in [1.82, 2.24) is 4.90 Å². The molecule has 0 aromatic carbocycles. The average molecular weight is 401 g/mol. The van der Waals surface area contributed by atoms with Gasteiger partial charge in [-0.1, -0.05) is 20.8 Å². The number of ether oxygens (including phenoxy) is 1. The fraction of sp³-hybridized carbons (Fsp3) is 0.714. The molecule has 2 unspecified atom stereocenters. The van der Waals surface area contributed by atoms with E-state index in [4.69, 9.17) is 4.74 Å². The number of aliphatic carboxylic acids is 1. The number of nitrogens with zero attached hydrogens (tertiary/aromatic N) is 1. The van der Waals surface area contributed by atoms with Gasteiger partial charge in [0.15, 0.2) is 25.9 Å². The first-order valence-electron chi connectivity index (χ1n) is 7.22. The van der Waals surface area contributed by atoms with Gasteiger partial charge in [0, 0.05) is 29.0 Å². The molecule has 2 heterocycles. The second kappa shape index (κ2) is 7.40. The monoisotopic (exact) mass is 401 g/mol. The van der Waals surface area contributed by atoms with Crippen molar-refractivity contribution < 1.29 is 61.6 Å². The van der Waals surface area contributed by atoms with Gasteiger partial charge in [-0.2, -0.15) is 0 Å². The minimum atomic E-state index is -4.12. The van der Waals surface area contributed by atoms with Gasteiger partial charge in [0.1, 0.15) is 0 Å². The van der Waals surface area contributed by atoms with Gasteiger partial charge in [0.25, 0.3) is 5.91 Å². The van der Waals surface area contributed by atoms with Crippen molar-refractivity contribution in [2.75, 3.05) is 12.9 Å². The number of carboxylic acid groups (broad SMARTS) is 1.